The second-order valence-electron chi connectivity index (χ2n) is 22.8. The van der Waals surface area contributed by atoms with Gasteiger partial charge >= 0.3 is 0 Å². The monoisotopic (exact) mass is 953 g/mol. The molecule has 0 saturated carbocycles. The smallest absolute Gasteiger partial charge is 0.144 e. The largest absolute Gasteiger partial charge is 0.456 e. The average molecular weight is 954 g/mol. The van der Waals surface area contributed by atoms with Crippen LogP contribution in [0.15, 0.2) is 195 Å². The maximum atomic E-state index is 7.00. The molecule has 10 aromatic carbocycles. The Labute approximate surface area is 429 Å². The zero-order valence-corrected chi connectivity index (χ0v) is 42.5. The highest BCUT2D eigenvalue weighted by Gasteiger charge is 2.49. The molecular formula is C70H51NO3. The summed E-state index contributed by atoms with van der Waals surface area (Å²) in [6, 6.07) is 66.9. The summed E-state index contributed by atoms with van der Waals surface area (Å²) in [5.74, 6) is 0. The van der Waals surface area contributed by atoms with E-state index in [-0.39, 0.29) is 16.2 Å². The van der Waals surface area contributed by atoms with Crippen molar-refractivity contribution >= 4 is 82.9 Å². The van der Waals surface area contributed by atoms with Crippen LogP contribution in [0.1, 0.15) is 80.5 Å². The molecule has 3 aliphatic rings. The van der Waals surface area contributed by atoms with Crippen molar-refractivity contribution in [1.82, 2.24) is 0 Å². The predicted octanol–water partition coefficient (Wildman–Crippen LogP) is 19.7. The molecule has 354 valence electrons. The minimum Gasteiger partial charge on any atom is -0.456 e. The van der Waals surface area contributed by atoms with E-state index in [4.69, 9.17) is 13.3 Å². The lowest BCUT2D eigenvalue weighted by Crippen LogP contribution is -2.24. The second kappa shape index (κ2) is 14.1. The van der Waals surface area contributed by atoms with Crippen molar-refractivity contribution in [3.8, 4) is 44.5 Å². The van der Waals surface area contributed by atoms with Crippen molar-refractivity contribution < 1.29 is 13.3 Å². The van der Waals surface area contributed by atoms with E-state index in [0.717, 1.165) is 83.2 Å². The summed E-state index contributed by atoms with van der Waals surface area (Å²) < 4.78 is 20.4. The van der Waals surface area contributed by atoms with E-state index in [1.807, 2.05) is 12.1 Å². The summed E-state index contributed by atoms with van der Waals surface area (Å²) >= 11 is 0. The van der Waals surface area contributed by atoms with Crippen molar-refractivity contribution in [1.29, 1.82) is 0 Å². The van der Waals surface area contributed by atoms with Gasteiger partial charge in [-0.25, -0.2) is 0 Å². The standard InChI is InChI=1S/C70H51NO3/c1-38-24-27-40(28-25-38)71(42-30-33-47-53(36-42)70(6,7)64-60(47)62-49-19-11-15-23-57(49)74-67(62)63-45-17-8-12-20-51(45)69(4,5)65(63)64)41-29-32-46-52(35-41)68(2,3)54-37-50(66-61(59(46)54)48-18-10-14-22-56(48)73-66)39-26-31-44-43-16-9-13-21-55(43)72-58(44)34-39/h8-37H,1-7H3. The molecule has 0 N–H and O–H groups in total. The summed E-state index contributed by atoms with van der Waals surface area (Å²) in [5, 5.41) is 6.91. The quantitative estimate of drug-likeness (QED) is 0.176. The Bertz CT molecular complexity index is 4640. The second-order valence-corrected chi connectivity index (χ2v) is 22.8. The number of anilines is 3. The lowest BCUT2D eigenvalue weighted by molar-refractivity contribution is 0.600. The molecule has 4 nitrogen and oxygen atoms in total. The Morgan fingerprint density at radius 3 is 1.55 bits per heavy atom. The molecule has 16 rings (SSSR count). The molecule has 0 fully saturated rings. The van der Waals surface area contributed by atoms with E-state index in [0.29, 0.717) is 0 Å². The van der Waals surface area contributed by atoms with Crippen LogP contribution in [0, 0.1) is 6.92 Å². The highest BCUT2D eigenvalue weighted by Crippen LogP contribution is 2.64. The molecule has 0 bridgehead atoms. The van der Waals surface area contributed by atoms with Gasteiger partial charge in [0.05, 0.1) is 0 Å². The van der Waals surface area contributed by atoms with Crippen LogP contribution in [0.3, 0.4) is 0 Å². The van der Waals surface area contributed by atoms with Crippen LogP contribution in [0.5, 0.6) is 0 Å². The number of furan rings is 3. The van der Waals surface area contributed by atoms with Crippen molar-refractivity contribution in [3.63, 3.8) is 0 Å². The number of para-hydroxylation sites is 3. The third-order valence-corrected chi connectivity index (χ3v) is 17.7. The number of benzene rings is 10. The first-order valence-corrected chi connectivity index (χ1v) is 26.1. The Morgan fingerprint density at radius 2 is 0.851 bits per heavy atom. The number of hydrogen-bond donors (Lipinski definition) is 0. The average Bonchev–Trinajstić information content (AvgIpc) is 4.23. The Morgan fingerprint density at radius 1 is 0.338 bits per heavy atom. The molecule has 0 radical (unpaired) electrons. The van der Waals surface area contributed by atoms with E-state index >= 15 is 0 Å². The molecule has 74 heavy (non-hydrogen) atoms. The van der Waals surface area contributed by atoms with Crippen LogP contribution in [0.4, 0.5) is 17.1 Å². The molecule has 0 saturated heterocycles. The number of rotatable bonds is 4. The van der Waals surface area contributed by atoms with Crippen LogP contribution in [0.25, 0.3) is 110 Å². The van der Waals surface area contributed by atoms with E-state index in [1.165, 1.54) is 83.1 Å². The Balaban J connectivity index is 0.892. The van der Waals surface area contributed by atoms with Gasteiger partial charge in [0.15, 0.2) is 0 Å². The van der Waals surface area contributed by atoms with Gasteiger partial charge in [0, 0.05) is 76.8 Å². The summed E-state index contributed by atoms with van der Waals surface area (Å²) in [6.07, 6.45) is 0. The molecule has 3 aliphatic carbocycles. The number of aryl methyl sites for hydroxylation is 1. The highest BCUT2D eigenvalue weighted by atomic mass is 16.3. The molecule has 13 aromatic rings. The first-order chi connectivity index (χ1) is 35.9. The van der Waals surface area contributed by atoms with Crippen LogP contribution in [0.2, 0.25) is 0 Å². The zero-order valence-electron chi connectivity index (χ0n) is 42.5. The molecular weight excluding hydrogens is 903 g/mol. The third kappa shape index (κ3) is 5.27. The maximum Gasteiger partial charge on any atom is 0.144 e. The molecule has 0 spiro atoms. The van der Waals surface area contributed by atoms with Crippen LogP contribution in [-0.4, -0.2) is 0 Å². The van der Waals surface area contributed by atoms with Crippen molar-refractivity contribution in [2.45, 2.75) is 64.7 Å². The molecule has 3 heterocycles. The zero-order chi connectivity index (χ0) is 49.7. The molecule has 4 heteroatoms. The van der Waals surface area contributed by atoms with E-state index in [1.54, 1.807) is 0 Å². The minimum atomic E-state index is -0.352. The first-order valence-electron chi connectivity index (χ1n) is 26.1. The van der Waals surface area contributed by atoms with Crippen molar-refractivity contribution in [3.05, 3.63) is 221 Å². The third-order valence-electron chi connectivity index (χ3n) is 17.7. The van der Waals surface area contributed by atoms with Gasteiger partial charge in [0.25, 0.3) is 0 Å². The van der Waals surface area contributed by atoms with Gasteiger partial charge in [0.1, 0.15) is 33.5 Å². The van der Waals surface area contributed by atoms with Gasteiger partial charge in [-0.2, -0.15) is 0 Å². The number of fused-ring (bicyclic) bond motifs is 22. The van der Waals surface area contributed by atoms with Gasteiger partial charge in [-0.15, -0.1) is 0 Å². The molecule has 0 aliphatic heterocycles. The topological polar surface area (TPSA) is 42.7 Å². The van der Waals surface area contributed by atoms with Gasteiger partial charge in [0.2, 0.25) is 0 Å². The Hall–Kier alpha value is -8.60. The minimum absolute atomic E-state index is 0.231. The fourth-order valence-corrected chi connectivity index (χ4v) is 14.1. The number of nitrogens with zero attached hydrogens (tertiary/aromatic N) is 1. The van der Waals surface area contributed by atoms with Crippen LogP contribution in [-0.2, 0) is 16.2 Å². The van der Waals surface area contributed by atoms with Gasteiger partial charge in [-0.05, 0) is 146 Å². The lowest BCUT2D eigenvalue weighted by Gasteiger charge is -2.32. The summed E-state index contributed by atoms with van der Waals surface area (Å²) in [7, 11) is 0. The highest BCUT2D eigenvalue weighted by molar-refractivity contribution is 6.22. The van der Waals surface area contributed by atoms with Crippen LogP contribution < -0.4 is 4.90 Å². The normalized spacial score (nSPS) is 15.3. The predicted molar refractivity (Wildman–Crippen MR) is 306 cm³/mol. The molecule has 3 aromatic heterocycles. The molecule has 0 amide bonds. The van der Waals surface area contributed by atoms with Crippen LogP contribution >= 0.6 is 0 Å². The van der Waals surface area contributed by atoms with Crippen molar-refractivity contribution in [2.24, 2.45) is 0 Å². The van der Waals surface area contributed by atoms with Gasteiger partial charge < -0.3 is 18.2 Å². The maximum absolute atomic E-state index is 7.00. The van der Waals surface area contributed by atoms with Crippen molar-refractivity contribution in [2.75, 3.05) is 4.90 Å². The molecule has 0 atom stereocenters. The number of hydrogen-bond acceptors (Lipinski definition) is 4. The Kier molecular flexibility index (Phi) is 8.01. The van der Waals surface area contributed by atoms with Gasteiger partial charge in [-0.1, -0.05) is 156 Å². The fourth-order valence-electron chi connectivity index (χ4n) is 14.1. The molecule has 0 unspecified atom stereocenters. The first kappa shape index (κ1) is 42.0. The lowest BCUT2D eigenvalue weighted by atomic mass is 9.72. The SMILES string of the molecule is Cc1ccc(N(c2ccc3c(c2)C(C)(C)c2cc(-c4ccc5c(c4)oc4ccccc45)c4oc5ccccc5c4c2-3)c2ccc3c(c2)C(C)(C)c2c4c(c5oc6ccccc6c5c2-3)-c2ccccc2C4(C)C)cc1. The van der Waals surface area contributed by atoms with E-state index in [9.17, 15) is 0 Å². The summed E-state index contributed by atoms with van der Waals surface area (Å²) in [4.78, 5) is 2.47. The summed E-state index contributed by atoms with van der Waals surface area (Å²) in [6.45, 7) is 16.7. The fraction of sp³-hybridized carbons (Fsp3) is 0.143. The summed E-state index contributed by atoms with van der Waals surface area (Å²) in [5.41, 5.74) is 27.0. The van der Waals surface area contributed by atoms with E-state index < -0.39 is 0 Å². The van der Waals surface area contributed by atoms with E-state index in [2.05, 4.69) is 223 Å². The van der Waals surface area contributed by atoms with Gasteiger partial charge in [-0.3, -0.25) is 0 Å².